The molecule has 0 atom stereocenters. The van der Waals surface area contributed by atoms with E-state index < -0.39 is 5.91 Å². The Morgan fingerprint density at radius 1 is 1.35 bits per heavy atom. The Balaban J connectivity index is 2.39. The quantitative estimate of drug-likeness (QED) is 0.409. The first-order valence-corrected chi connectivity index (χ1v) is 8.43. The Hall–Kier alpha value is -2.74. The summed E-state index contributed by atoms with van der Waals surface area (Å²) >= 11 is 12.2. The monoisotopic (exact) mass is 386 g/mol. The fourth-order valence-corrected chi connectivity index (χ4v) is 2.75. The van der Waals surface area contributed by atoms with Crippen molar-refractivity contribution in [1.82, 2.24) is 0 Å². The predicted octanol–water partition coefficient (Wildman–Crippen LogP) is 5.41. The molecule has 0 saturated carbocycles. The molecule has 6 heteroatoms. The van der Waals surface area contributed by atoms with Crippen LogP contribution in [0, 0.1) is 18.3 Å². The molecule has 1 N–H and O–H groups in total. The minimum atomic E-state index is -0.535. The summed E-state index contributed by atoms with van der Waals surface area (Å²) in [5, 5.41) is 12.8. The van der Waals surface area contributed by atoms with E-state index >= 15 is 0 Å². The Labute approximate surface area is 162 Å². The molecule has 0 fully saturated rings. The predicted molar refractivity (Wildman–Crippen MR) is 106 cm³/mol. The van der Waals surface area contributed by atoms with Crippen molar-refractivity contribution in [3.05, 3.63) is 75.8 Å². The number of para-hydroxylation sites is 1. The maximum absolute atomic E-state index is 12.5. The number of benzene rings is 2. The molecule has 0 spiro atoms. The van der Waals surface area contributed by atoms with Gasteiger partial charge in [-0.15, -0.1) is 0 Å². The molecular formula is C20H16Cl2N2O2. The summed E-state index contributed by atoms with van der Waals surface area (Å²) in [6.07, 6.45) is 2.96. The Kier molecular flexibility index (Phi) is 6.85. The molecule has 0 heterocycles. The van der Waals surface area contributed by atoms with Gasteiger partial charge in [0, 0.05) is 16.3 Å². The van der Waals surface area contributed by atoms with Crippen LogP contribution in [0.25, 0.3) is 6.08 Å². The average Bonchev–Trinajstić information content (AvgIpc) is 2.60. The van der Waals surface area contributed by atoms with Gasteiger partial charge in [-0.05, 0) is 36.8 Å². The summed E-state index contributed by atoms with van der Waals surface area (Å²) < 4.78 is 5.54. The molecule has 0 bridgehead atoms. The largest absolute Gasteiger partial charge is 0.487 e. The Morgan fingerprint density at radius 2 is 2.08 bits per heavy atom. The molecule has 1 amide bonds. The number of nitrogens with zero attached hydrogens (tertiary/aromatic N) is 1. The van der Waals surface area contributed by atoms with Crippen molar-refractivity contribution in [1.29, 1.82) is 5.26 Å². The second kappa shape index (κ2) is 9.10. The molecule has 2 aromatic rings. The van der Waals surface area contributed by atoms with Crippen LogP contribution in [0.3, 0.4) is 0 Å². The van der Waals surface area contributed by atoms with Gasteiger partial charge in [0.25, 0.3) is 5.91 Å². The number of rotatable bonds is 6. The third-order valence-corrected chi connectivity index (χ3v) is 3.94. The highest BCUT2D eigenvalue weighted by atomic mass is 35.5. The van der Waals surface area contributed by atoms with Gasteiger partial charge in [0.1, 0.15) is 24.0 Å². The lowest BCUT2D eigenvalue weighted by Gasteiger charge is -2.11. The smallest absolute Gasteiger partial charge is 0.266 e. The summed E-state index contributed by atoms with van der Waals surface area (Å²) in [5.41, 5.74) is 1.85. The number of nitrogens with one attached hydrogen (secondary N) is 1. The van der Waals surface area contributed by atoms with E-state index in [4.69, 9.17) is 27.9 Å². The number of halogens is 2. The minimum absolute atomic E-state index is 0.102. The van der Waals surface area contributed by atoms with Crippen LogP contribution in [0.4, 0.5) is 5.69 Å². The van der Waals surface area contributed by atoms with Crippen LogP contribution in [-0.2, 0) is 4.79 Å². The highest BCUT2D eigenvalue weighted by molar-refractivity contribution is 6.36. The molecule has 0 aliphatic carbocycles. The third kappa shape index (κ3) is 4.89. The Morgan fingerprint density at radius 3 is 2.73 bits per heavy atom. The van der Waals surface area contributed by atoms with Gasteiger partial charge in [-0.3, -0.25) is 4.79 Å². The second-order valence-corrected chi connectivity index (χ2v) is 6.19. The van der Waals surface area contributed by atoms with Crippen LogP contribution in [-0.4, -0.2) is 12.5 Å². The number of nitriles is 1. The number of amides is 1. The number of hydrogen-bond donors (Lipinski definition) is 1. The van der Waals surface area contributed by atoms with Crippen molar-refractivity contribution in [2.24, 2.45) is 0 Å². The van der Waals surface area contributed by atoms with Crippen molar-refractivity contribution < 1.29 is 9.53 Å². The normalized spacial score (nSPS) is 10.8. The first-order chi connectivity index (χ1) is 12.5. The van der Waals surface area contributed by atoms with Crippen LogP contribution >= 0.6 is 23.2 Å². The van der Waals surface area contributed by atoms with E-state index in [2.05, 4.69) is 11.9 Å². The first-order valence-electron chi connectivity index (χ1n) is 7.67. The number of carbonyl (C=O) groups is 1. The van der Waals surface area contributed by atoms with E-state index in [-0.39, 0.29) is 17.2 Å². The fraction of sp³-hybridized carbons (Fsp3) is 0.100. The lowest BCUT2D eigenvalue weighted by Crippen LogP contribution is -2.14. The van der Waals surface area contributed by atoms with Crippen LogP contribution in [0.15, 0.2) is 54.6 Å². The van der Waals surface area contributed by atoms with E-state index in [1.807, 2.05) is 25.1 Å². The minimum Gasteiger partial charge on any atom is -0.487 e. The zero-order chi connectivity index (χ0) is 19.1. The van der Waals surface area contributed by atoms with Gasteiger partial charge < -0.3 is 10.1 Å². The maximum atomic E-state index is 12.5. The number of aryl methyl sites for hydroxylation is 1. The number of hydrogen-bond acceptors (Lipinski definition) is 3. The molecule has 0 radical (unpaired) electrons. The molecule has 26 heavy (non-hydrogen) atoms. The summed E-state index contributed by atoms with van der Waals surface area (Å²) in [6, 6.07) is 12.3. The standard InChI is InChI=1S/C20H16Cl2N2O2/c1-3-8-26-19-14(10-16(21)11-17(19)22)9-15(12-23)20(25)24-18-7-5-4-6-13(18)2/h3-7,9-11H,1,8H2,2H3,(H,24,25)/b15-9+. The van der Waals surface area contributed by atoms with Crippen LogP contribution in [0.2, 0.25) is 10.0 Å². The first kappa shape index (κ1) is 19.6. The molecule has 0 aliphatic heterocycles. The van der Waals surface area contributed by atoms with Crippen molar-refractivity contribution in [2.75, 3.05) is 11.9 Å². The van der Waals surface area contributed by atoms with Gasteiger partial charge >= 0.3 is 0 Å². The van der Waals surface area contributed by atoms with Gasteiger partial charge in [-0.1, -0.05) is 54.1 Å². The van der Waals surface area contributed by atoms with Crippen molar-refractivity contribution in [3.8, 4) is 11.8 Å². The van der Waals surface area contributed by atoms with Gasteiger partial charge in [0.2, 0.25) is 0 Å². The van der Waals surface area contributed by atoms with Gasteiger partial charge in [-0.2, -0.15) is 5.26 Å². The summed E-state index contributed by atoms with van der Waals surface area (Å²) in [7, 11) is 0. The SMILES string of the molecule is C=CCOc1c(Cl)cc(Cl)cc1/C=C(\C#N)C(=O)Nc1ccccc1C. The molecule has 0 aromatic heterocycles. The van der Waals surface area contributed by atoms with Crippen LogP contribution < -0.4 is 10.1 Å². The topological polar surface area (TPSA) is 62.1 Å². The average molecular weight is 387 g/mol. The number of ether oxygens (including phenoxy) is 1. The van der Waals surface area contributed by atoms with E-state index in [0.29, 0.717) is 22.0 Å². The summed E-state index contributed by atoms with van der Waals surface area (Å²) in [6.45, 7) is 5.67. The van der Waals surface area contributed by atoms with Crippen LogP contribution in [0.5, 0.6) is 5.75 Å². The summed E-state index contributed by atoms with van der Waals surface area (Å²) in [5.74, 6) is -0.208. The third-order valence-electron chi connectivity index (χ3n) is 3.44. The highest BCUT2D eigenvalue weighted by Gasteiger charge is 2.14. The highest BCUT2D eigenvalue weighted by Crippen LogP contribution is 2.34. The van der Waals surface area contributed by atoms with Crippen molar-refractivity contribution in [3.63, 3.8) is 0 Å². The number of anilines is 1. The van der Waals surface area contributed by atoms with Gasteiger partial charge in [0.05, 0.1) is 5.02 Å². The van der Waals surface area contributed by atoms with E-state index in [9.17, 15) is 10.1 Å². The Bertz CT molecular complexity index is 915. The lowest BCUT2D eigenvalue weighted by atomic mass is 10.1. The molecule has 2 rings (SSSR count). The molecule has 2 aromatic carbocycles. The number of carbonyl (C=O) groups excluding carboxylic acids is 1. The van der Waals surface area contributed by atoms with Gasteiger partial charge in [0.15, 0.2) is 0 Å². The zero-order valence-corrected chi connectivity index (χ0v) is 15.6. The molecule has 132 valence electrons. The van der Waals surface area contributed by atoms with Crippen molar-refractivity contribution >= 4 is 40.9 Å². The fourth-order valence-electron chi connectivity index (χ4n) is 2.19. The zero-order valence-electron chi connectivity index (χ0n) is 14.1. The van der Waals surface area contributed by atoms with Crippen molar-refractivity contribution in [2.45, 2.75) is 6.92 Å². The lowest BCUT2D eigenvalue weighted by molar-refractivity contribution is -0.112. The van der Waals surface area contributed by atoms with Gasteiger partial charge in [-0.25, -0.2) is 0 Å². The molecule has 0 saturated heterocycles. The second-order valence-electron chi connectivity index (χ2n) is 5.34. The molecule has 4 nitrogen and oxygen atoms in total. The van der Waals surface area contributed by atoms with E-state index in [1.165, 1.54) is 12.1 Å². The maximum Gasteiger partial charge on any atom is 0.266 e. The molecular weight excluding hydrogens is 371 g/mol. The van der Waals surface area contributed by atoms with E-state index in [1.54, 1.807) is 24.3 Å². The summed E-state index contributed by atoms with van der Waals surface area (Å²) in [4.78, 5) is 12.5. The van der Waals surface area contributed by atoms with Crippen LogP contribution in [0.1, 0.15) is 11.1 Å². The van der Waals surface area contributed by atoms with E-state index in [0.717, 1.165) is 5.56 Å². The molecule has 0 aliphatic rings. The molecule has 0 unspecified atom stereocenters.